The van der Waals surface area contributed by atoms with Gasteiger partial charge in [0.05, 0.1) is 5.60 Å². The van der Waals surface area contributed by atoms with Gasteiger partial charge in [-0.2, -0.15) is 0 Å². The van der Waals surface area contributed by atoms with Gasteiger partial charge in [0.2, 0.25) is 0 Å². The molecule has 0 spiro atoms. The second kappa shape index (κ2) is 4.52. The normalized spacial score (nSPS) is 39.1. The maximum Gasteiger partial charge on any atom is 0.0830 e. The number of aliphatic hydroxyl groups is 1. The predicted octanol–water partition coefficient (Wildman–Crippen LogP) is 4.21. The molecule has 1 fully saturated rings. The highest BCUT2D eigenvalue weighted by Crippen LogP contribution is 2.49. The molecule has 1 N–H and O–H groups in total. The molecule has 0 heterocycles. The van der Waals surface area contributed by atoms with Crippen molar-refractivity contribution in [2.75, 3.05) is 0 Å². The van der Waals surface area contributed by atoms with Crippen molar-refractivity contribution in [3.63, 3.8) is 0 Å². The van der Waals surface area contributed by atoms with Crippen LogP contribution >= 0.6 is 0 Å². The Labute approximate surface area is 99.9 Å². The van der Waals surface area contributed by atoms with Gasteiger partial charge in [0, 0.05) is 0 Å². The molecule has 0 aromatic heterocycles. The standard InChI is InChI=1S/C15H26O/c1-3-4-9-15(16)11-10-14(2)8-6-5-7-13(14)12-15/h12,16H,3-11H2,1-2H3. The summed E-state index contributed by atoms with van der Waals surface area (Å²) >= 11 is 0. The number of hydrogen-bond acceptors (Lipinski definition) is 1. The average Bonchev–Trinajstić information content (AvgIpc) is 2.28. The maximum atomic E-state index is 10.6. The van der Waals surface area contributed by atoms with E-state index in [9.17, 15) is 5.11 Å². The van der Waals surface area contributed by atoms with Crippen molar-refractivity contribution in [1.82, 2.24) is 0 Å². The van der Waals surface area contributed by atoms with Crippen LogP contribution in [0.3, 0.4) is 0 Å². The number of allylic oxidation sites excluding steroid dienone is 1. The van der Waals surface area contributed by atoms with E-state index in [0.29, 0.717) is 5.41 Å². The van der Waals surface area contributed by atoms with Crippen molar-refractivity contribution in [1.29, 1.82) is 0 Å². The van der Waals surface area contributed by atoms with Crippen molar-refractivity contribution in [2.24, 2.45) is 5.41 Å². The van der Waals surface area contributed by atoms with Crippen LogP contribution in [0, 0.1) is 5.41 Å². The number of hydrogen-bond donors (Lipinski definition) is 1. The lowest BCUT2D eigenvalue weighted by Crippen LogP contribution is -2.37. The van der Waals surface area contributed by atoms with Crippen LogP contribution in [0.4, 0.5) is 0 Å². The molecule has 0 saturated heterocycles. The van der Waals surface area contributed by atoms with E-state index in [0.717, 1.165) is 19.3 Å². The van der Waals surface area contributed by atoms with Crippen molar-refractivity contribution in [3.05, 3.63) is 11.6 Å². The number of unbranched alkanes of at least 4 members (excludes halogenated alkanes) is 1. The second-order valence-corrected chi connectivity index (χ2v) is 6.14. The van der Waals surface area contributed by atoms with Crippen molar-refractivity contribution in [2.45, 2.75) is 77.2 Å². The second-order valence-electron chi connectivity index (χ2n) is 6.14. The van der Waals surface area contributed by atoms with Gasteiger partial charge in [-0.15, -0.1) is 0 Å². The molecule has 1 saturated carbocycles. The van der Waals surface area contributed by atoms with Crippen LogP contribution < -0.4 is 0 Å². The van der Waals surface area contributed by atoms with Crippen LogP contribution in [0.5, 0.6) is 0 Å². The van der Waals surface area contributed by atoms with E-state index in [1.165, 1.54) is 38.5 Å². The fraction of sp³-hybridized carbons (Fsp3) is 0.867. The van der Waals surface area contributed by atoms with E-state index in [-0.39, 0.29) is 0 Å². The van der Waals surface area contributed by atoms with Crippen LogP contribution in [-0.4, -0.2) is 10.7 Å². The quantitative estimate of drug-likeness (QED) is 0.709. The smallest absolute Gasteiger partial charge is 0.0830 e. The van der Waals surface area contributed by atoms with Gasteiger partial charge in [0.25, 0.3) is 0 Å². The van der Waals surface area contributed by atoms with Crippen molar-refractivity contribution < 1.29 is 5.11 Å². The van der Waals surface area contributed by atoms with Gasteiger partial charge >= 0.3 is 0 Å². The summed E-state index contributed by atoms with van der Waals surface area (Å²) in [5, 5.41) is 10.6. The minimum absolute atomic E-state index is 0.427. The zero-order valence-corrected chi connectivity index (χ0v) is 10.9. The molecule has 92 valence electrons. The molecule has 16 heavy (non-hydrogen) atoms. The summed E-state index contributed by atoms with van der Waals surface area (Å²) in [4.78, 5) is 0. The molecule has 2 aliphatic carbocycles. The van der Waals surface area contributed by atoms with E-state index in [4.69, 9.17) is 0 Å². The Morgan fingerprint density at radius 1 is 1.25 bits per heavy atom. The molecule has 0 aromatic rings. The van der Waals surface area contributed by atoms with Crippen molar-refractivity contribution >= 4 is 0 Å². The molecule has 0 aromatic carbocycles. The Kier molecular flexibility index (Phi) is 3.44. The molecule has 2 atom stereocenters. The molecule has 0 aliphatic heterocycles. The van der Waals surface area contributed by atoms with E-state index in [1.807, 2.05) is 0 Å². The van der Waals surface area contributed by atoms with Crippen LogP contribution in [0.1, 0.15) is 71.6 Å². The van der Waals surface area contributed by atoms with Crippen LogP contribution in [0.2, 0.25) is 0 Å². The minimum Gasteiger partial charge on any atom is -0.386 e. The number of rotatable bonds is 3. The monoisotopic (exact) mass is 222 g/mol. The van der Waals surface area contributed by atoms with Crippen molar-refractivity contribution in [3.8, 4) is 0 Å². The first-order valence-corrected chi connectivity index (χ1v) is 7.03. The molecule has 2 unspecified atom stereocenters. The van der Waals surface area contributed by atoms with E-state index >= 15 is 0 Å². The SMILES string of the molecule is CCCCC1(O)C=C2CCCCC2(C)CC1. The highest BCUT2D eigenvalue weighted by Gasteiger charge is 2.40. The Hall–Kier alpha value is -0.300. The van der Waals surface area contributed by atoms with Gasteiger partial charge in [-0.1, -0.05) is 44.8 Å². The fourth-order valence-corrected chi connectivity index (χ4v) is 3.39. The predicted molar refractivity (Wildman–Crippen MR) is 68.4 cm³/mol. The summed E-state index contributed by atoms with van der Waals surface area (Å²) in [5.74, 6) is 0. The summed E-state index contributed by atoms with van der Waals surface area (Å²) in [6.45, 7) is 4.60. The van der Waals surface area contributed by atoms with Crippen LogP contribution in [0.15, 0.2) is 11.6 Å². The molecular weight excluding hydrogens is 196 g/mol. The Bertz CT molecular complexity index is 281. The van der Waals surface area contributed by atoms with Gasteiger partial charge in [0.15, 0.2) is 0 Å². The highest BCUT2D eigenvalue weighted by molar-refractivity contribution is 5.24. The van der Waals surface area contributed by atoms with Crippen LogP contribution in [-0.2, 0) is 0 Å². The van der Waals surface area contributed by atoms with Gasteiger partial charge in [0.1, 0.15) is 0 Å². The molecule has 2 rings (SSSR count). The lowest BCUT2D eigenvalue weighted by atomic mass is 9.63. The molecule has 1 heteroatoms. The van der Waals surface area contributed by atoms with Gasteiger partial charge in [-0.3, -0.25) is 0 Å². The summed E-state index contributed by atoms with van der Waals surface area (Å²) < 4.78 is 0. The maximum absolute atomic E-state index is 10.6. The van der Waals surface area contributed by atoms with E-state index in [2.05, 4.69) is 19.9 Å². The van der Waals surface area contributed by atoms with E-state index < -0.39 is 5.60 Å². The summed E-state index contributed by atoms with van der Waals surface area (Å²) in [7, 11) is 0. The summed E-state index contributed by atoms with van der Waals surface area (Å²) in [5.41, 5.74) is 1.52. The molecule has 1 nitrogen and oxygen atoms in total. The molecule has 0 radical (unpaired) electrons. The molecular formula is C15H26O. The van der Waals surface area contributed by atoms with Gasteiger partial charge < -0.3 is 5.11 Å². The molecule has 0 bridgehead atoms. The summed E-state index contributed by atoms with van der Waals surface area (Å²) in [6.07, 6.45) is 13.0. The van der Waals surface area contributed by atoms with Gasteiger partial charge in [-0.05, 0) is 43.9 Å². The zero-order valence-electron chi connectivity index (χ0n) is 10.9. The third kappa shape index (κ3) is 2.34. The molecule has 2 aliphatic rings. The largest absolute Gasteiger partial charge is 0.386 e. The average molecular weight is 222 g/mol. The number of fused-ring (bicyclic) bond motifs is 1. The topological polar surface area (TPSA) is 20.2 Å². The van der Waals surface area contributed by atoms with Gasteiger partial charge in [-0.25, -0.2) is 0 Å². The minimum atomic E-state index is -0.470. The Balaban J connectivity index is 2.13. The first kappa shape index (κ1) is 12.2. The lowest BCUT2D eigenvalue weighted by Gasteiger charge is -2.44. The summed E-state index contributed by atoms with van der Waals surface area (Å²) in [6, 6.07) is 0. The van der Waals surface area contributed by atoms with E-state index in [1.54, 1.807) is 5.57 Å². The van der Waals surface area contributed by atoms with Crippen LogP contribution in [0.25, 0.3) is 0 Å². The fourth-order valence-electron chi connectivity index (χ4n) is 3.39. The molecule has 0 amide bonds. The Morgan fingerprint density at radius 2 is 2.06 bits per heavy atom. The third-order valence-corrected chi connectivity index (χ3v) is 4.72. The Morgan fingerprint density at radius 3 is 2.81 bits per heavy atom. The zero-order chi connectivity index (χ0) is 11.6. The lowest BCUT2D eigenvalue weighted by molar-refractivity contribution is 0.0388. The first-order chi connectivity index (χ1) is 7.58. The highest BCUT2D eigenvalue weighted by atomic mass is 16.3. The first-order valence-electron chi connectivity index (χ1n) is 7.03. The third-order valence-electron chi connectivity index (χ3n) is 4.72.